The first kappa shape index (κ1) is 14.0. The summed E-state index contributed by atoms with van der Waals surface area (Å²) >= 11 is 18.0. The molecule has 1 aromatic carbocycles. The van der Waals surface area contributed by atoms with E-state index in [1.54, 1.807) is 23.1 Å². The van der Waals surface area contributed by atoms with Crippen LogP contribution in [0.3, 0.4) is 0 Å². The van der Waals surface area contributed by atoms with Crippen LogP contribution in [0.4, 0.5) is 0 Å². The third kappa shape index (κ3) is 2.93. The number of hydrogen-bond donors (Lipinski definition) is 0. The van der Waals surface area contributed by atoms with Gasteiger partial charge in [0.15, 0.2) is 0 Å². The Balaban J connectivity index is 2.14. The maximum Gasteiger partial charge on any atom is 0.253 e. The normalized spacial score (nSPS) is 24.1. The number of hydrogen-bond acceptors (Lipinski definition) is 1. The Hall–Kier alpha value is -0.440. The molecule has 1 saturated heterocycles. The van der Waals surface area contributed by atoms with E-state index < -0.39 is 0 Å². The number of carbonyl (C=O) groups is 1. The highest BCUT2D eigenvalue weighted by atomic mass is 35.5. The second-order valence-corrected chi connectivity index (χ2v) is 6.04. The average Bonchev–Trinajstić information content (AvgIpc) is 2.35. The van der Waals surface area contributed by atoms with Crippen LogP contribution in [0.25, 0.3) is 0 Å². The summed E-state index contributed by atoms with van der Waals surface area (Å²) in [5, 5.41) is 0.872. The summed E-state index contributed by atoms with van der Waals surface area (Å²) in [6.45, 7) is 3.43. The van der Waals surface area contributed by atoms with Crippen LogP contribution in [0.5, 0.6) is 0 Å². The molecule has 0 bridgehead atoms. The predicted octanol–water partition coefficient (Wildman–Crippen LogP) is 4.08. The molecule has 2 unspecified atom stereocenters. The van der Waals surface area contributed by atoms with Crippen molar-refractivity contribution < 1.29 is 4.79 Å². The van der Waals surface area contributed by atoms with Gasteiger partial charge in [-0.2, -0.15) is 0 Å². The van der Waals surface area contributed by atoms with Crippen molar-refractivity contribution >= 4 is 40.7 Å². The molecule has 0 aliphatic carbocycles. The molecule has 98 valence electrons. The van der Waals surface area contributed by atoms with E-state index in [9.17, 15) is 4.79 Å². The number of piperidine rings is 1. The van der Waals surface area contributed by atoms with Gasteiger partial charge >= 0.3 is 0 Å². The van der Waals surface area contributed by atoms with E-state index in [4.69, 9.17) is 34.8 Å². The molecule has 0 aromatic heterocycles. The van der Waals surface area contributed by atoms with Gasteiger partial charge in [0.2, 0.25) is 0 Å². The Morgan fingerprint density at radius 1 is 1.33 bits per heavy atom. The second kappa shape index (κ2) is 5.68. The molecule has 5 heteroatoms. The van der Waals surface area contributed by atoms with E-state index in [1.807, 2.05) is 0 Å². The van der Waals surface area contributed by atoms with Crippen molar-refractivity contribution in [2.24, 2.45) is 5.92 Å². The molecule has 2 rings (SSSR count). The van der Waals surface area contributed by atoms with Crippen molar-refractivity contribution in [3.05, 3.63) is 33.8 Å². The standard InChI is InChI=1S/C13H14Cl3NO/c1-8-4-5-17(7-12(8)16)13(18)9-2-3-10(14)11(15)6-9/h2-3,6,8,12H,4-5,7H2,1H3. The Kier molecular flexibility index (Phi) is 4.41. The van der Waals surface area contributed by atoms with Gasteiger partial charge in [-0.1, -0.05) is 30.1 Å². The van der Waals surface area contributed by atoms with E-state index in [1.165, 1.54) is 0 Å². The van der Waals surface area contributed by atoms with Crippen molar-refractivity contribution in [1.82, 2.24) is 4.90 Å². The van der Waals surface area contributed by atoms with Crippen LogP contribution >= 0.6 is 34.8 Å². The fourth-order valence-corrected chi connectivity index (χ4v) is 2.61. The minimum Gasteiger partial charge on any atom is -0.337 e. The maximum atomic E-state index is 12.3. The molecule has 1 amide bonds. The van der Waals surface area contributed by atoms with Gasteiger partial charge in [-0.25, -0.2) is 0 Å². The van der Waals surface area contributed by atoms with Gasteiger partial charge in [0.25, 0.3) is 5.91 Å². The van der Waals surface area contributed by atoms with Crippen molar-refractivity contribution in [2.45, 2.75) is 18.7 Å². The molecular weight excluding hydrogens is 293 g/mol. The van der Waals surface area contributed by atoms with Gasteiger partial charge in [0, 0.05) is 18.7 Å². The monoisotopic (exact) mass is 305 g/mol. The third-order valence-corrected chi connectivity index (χ3v) is 4.63. The topological polar surface area (TPSA) is 20.3 Å². The van der Waals surface area contributed by atoms with E-state index in [0.29, 0.717) is 28.1 Å². The third-order valence-electron chi connectivity index (χ3n) is 3.32. The summed E-state index contributed by atoms with van der Waals surface area (Å²) in [6.07, 6.45) is 0.932. The highest BCUT2D eigenvalue weighted by molar-refractivity contribution is 6.42. The van der Waals surface area contributed by atoms with Crippen molar-refractivity contribution in [3.63, 3.8) is 0 Å². The number of rotatable bonds is 1. The number of benzene rings is 1. The number of carbonyl (C=O) groups excluding carboxylic acids is 1. The number of nitrogens with zero attached hydrogens (tertiary/aromatic N) is 1. The lowest BCUT2D eigenvalue weighted by Crippen LogP contribution is -2.43. The van der Waals surface area contributed by atoms with Crippen molar-refractivity contribution in [1.29, 1.82) is 0 Å². The highest BCUT2D eigenvalue weighted by Gasteiger charge is 2.28. The average molecular weight is 307 g/mol. The molecule has 0 spiro atoms. The molecule has 18 heavy (non-hydrogen) atoms. The summed E-state index contributed by atoms with van der Waals surface area (Å²) in [5.74, 6) is 0.413. The first-order valence-electron chi connectivity index (χ1n) is 5.87. The summed E-state index contributed by atoms with van der Waals surface area (Å²) < 4.78 is 0. The van der Waals surface area contributed by atoms with Crippen LogP contribution in [0.15, 0.2) is 18.2 Å². The molecule has 0 N–H and O–H groups in total. The summed E-state index contributed by atoms with van der Waals surface area (Å²) in [5.41, 5.74) is 0.558. The fourth-order valence-electron chi connectivity index (χ4n) is 2.02. The zero-order chi connectivity index (χ0) is 13.3. The zero-order valence-corrected chi connectivity index (χ0v) is 12.3. The Morgan fingerprint density at radius 3 is 2.67 bits per heavy atom. The molecule has 2 atom stereocenters. The second-order valence-electron chi connectivity index (χ2n) is 4.66. The van der Waals surface area contributed by atoms with Gasteiger partial charge in [-0.15, -0.1) is 11.6 Å². The molecule has 0 radical (unpaired) electrons. The minimum absolute atomic E-state index is 0.0190. The summed E-state index contributed by atoms with van der Waals surface area (Å²) in [7, 11) is 0. The lowest BCUT2D eigenvalue weighted by atomic mass is 9.98. The van der Waals surface area contributed by atoms with E-state index in [-0.39, 0.29) is 11.3 Å². The van der Waals surface area contributed by atoms with E-state index in [2.05, 4.69) is 6.92 Å². The van der Waals surface area contributed by atoms with Crippen LogP contribution in [-0.2, 0) is 0 Å². The quantitative estimate of drug-likeness (QED) is 0.716. The maximum absolute atomic E-state index is 12.3. The lowest BCUT2D eigenvalue weighted by molar-refractivity contribution is 0.0701. The summed E-state index contributed by atoms with van der Waals surface area (Å²) in [6, 6.07) is 4.94. The van der Waals surface area contributed by atoms with Crippen LogP contribution in [0.2, 0.25) is 10.0 Å². The van der Waals surface area contributed by atoms with Gasteiger partial charge in [0.05, 0.1) is 15.4 Å². The molecule has 1 aromatic rings. The van der Waals surface area contributed by atoms with E-state index in [0.717, 1.165) is 13.0 Å². The fraction of sp³-hybridized carbons (Fsp3) is 0.462. The van der Waals surface area contributed by atoms with Gasteiger partial charge in [0.1, 0.15) is 0 Å². The van der Waals surface area contributed by atoms with Crippen molar-refractivity contribution in [2.75, 3.05) is 13.1 Å². The molecule has 1 heterocycles. The molecule has 1 fully saturated rings. The van der Waals surface area contributed by atoms with E-state index >= 15 is 0 Å². The number of alkyl halides is 1. The predicted molar refractivity (Wildman–Crippen MR) is 75.8 cm³/mol. The number of halogens is 3. The SMILES string of the molecule is CC1CCN(C(=O)c2ccc(Cl)c(Cl)c2)CC1Cl. The zero-order valence-electron chi connectivity index (χ0n) is 10.00. The molecule has 2 nitrogen and oxygen atoms in total. The van der Waals surface area contributed by atoms with Crippen LogP contribution in [-0.4, -0.2) is 29.3 Å². The smallest absolute Gasteiger partial charge is 0.253 e. The molecular formula is C13H14Cl3NO. The first-order chi connectivity index (χ1) is 8.49. The lowest BCUT2D eigenvalue weighted by Gasteiger charge is -2.34. The first-order valence-corrected chi connectivity index (χ1v) is 7.06. The Bertz CT molecular complexity index is 464. The van der Waals surface area contributed by atoms with Gasteiger partial charge < -0.3 is 4.90 Å². The van der Waals surface area contributed by atoms with Crippen molar-refractivity contribution in [3.8, 4) is 0 Å². The Labute approximate surface area is 122 Å². The molecule has 1 aliphatic rings. The summed E-state index contributed by atoms with van der Waals surface area (Å²) in [4.78, 5) is 14.1. The van der Waals surface area contributed by atoms with Crippen LogP contribution < -0.4 is 0 Å². The number of amides is 1. The molecule has 1 aliphatic heterocycles. The van der Waals surface area contributed by atoms with Gasteiger partial charge in [-0.05, 0) is 30.5 Å². The molecule has 0 saturated carbocycles. The highest BCUT2D eigenvalue weighted by Crippen LogP contribution is 2.26. The van der Waals surface area contributed by atoms with Gasteiger partial charge in [-0.3, -0.25) is 4.79 Å². The number of likely N-dealkylation sites (tertiary alicyclic amines) is 1. The largest absolute Gasteiger partial charge is 0.337 e. The Morgan fingerprint density at radius 2 is 2.06 bits per heavy atom. The van der Waals surface area contributed by atoms with Crippen LogP contribution in [0, 0.1) is 5.92 Å². The minimum atomic E-state index is -0.0360. The van der Waals surface area contributed by atoms with Crippen LogP contribution in [0.1, 0.15) is 23.7 Å².